The summed E-state index contributed by atoms with van der Waals surface area (Å²) in [6.45, 7) is 2.00. The predicted octanol–water partition coefficient (Wildman–Crippen LogP) is 1.18. The lowest BCUT2D eigenvalue weighted by Gasteiger charge is -1.99. The van der Waals surface area contributed by atoms with Gasteiger partial charge in [-0.1, -0.05) is 12.1 Å². The molecule has 0 spiro atoms. The first-order valence-corrected chi connectivity index (χ1v) is 10.1. The van der Waals surface area contributed by atoms with E-state index in [2.05, 4.69) is 0 Å². The number of benzene rings is 2. The van der Waals surface area contributed by atoms with Gasteiger partial charge in [0, 0.05) is 0 Å². The molecule has 0 aromatic heterocycles. The molecule has 6 N–H and O–H groups in total. The van der Waals surface area contributed by atoms with Crippen LogP contribution in [0, 0.1) is 0 Å². The number of rotatable bonds is 4. The largest absolute Gasteiger partial charge is 0.454 e. The maximum Gasteiger partial charge on any atom is 0.394 e. The lowest BCUT2D eigenvalue weighted by molar-refractivity contribution is 0.173. The van der Waals surface area contributed by atoms with E-state index in [-0.39, 0.29) is 0 Å². The summed E-state index contributed by atoms with van der Waals surface area (Å²) in [6.07, 6.45) is 1.77. The average Bonchev–Trinajstić information content (AvgIpc) is 3.29. The Kier molecular flexibility index (Phi) is 8.49. The molecule has 10 nitrogen and oxygen atoms in total. The first-order valence-electron chi connectivity index (χ1n) is 8.67. The molecule has 0 amide bonds. The van der Waals surface area contributed by atoms with Crippen molar-refractivity contribution in [3.8, 4) is 23.0 Å². The fourth-order valence-electron chi connectivity index (χ4n) is 2.53. The first kappa shape index (κ1) is 22.7. The van der Waals surface area contributed by atoms with E-state index in [1.807, 2.05) is 36.4 Å². The third-order valence-corrected chi connectivity index (χ3v) is 3.74. The molecular weight excluding hydrogens is 404 g/mol. The molecule has 2 heterocycles. The van der Waals surface area contributed by atoms with Gasteiger partial charge in [-0.05, 0) is 61.3 Å². The fraction of sp³-hybridized carbons (Fsp3) is 0.333. The zero-order valence-corrected chi connectivity index (χ0v) is 16.4. The van der Waals surface area contributed by atoms with E-state index in [1.165, 1.54) is 11.1 Å². The molecule has 2 aromatic carbocycles. The number of nitrogens with two attached hydrogens (primary N) is 2. The molecule has 0 saturated carbocycles. The highest BCUT2D eigenvalue weighted by molar-refractivity contribution is 7.79. The SMILES string of the molecule is NCCc1ccc2c(c1)OCO2.NCCc1ccc2c(c1)OCO2.O=S(=O)(O)O. The van der Waals surface area contributed by atoms with Gasteiger partial charge in [-0.3, -0.25) is 9.11 Å². The number of hydrogen-bond donors (Lipinski definition) is 4. The summed E-state index contributed by atoms with van der Waals surface area (Å²) in [4.78, 5) is 0. The van der Waals surface area contributed by atoms with Crippen LogP contribution in [0.1, 0.15) is 11.1 Å². The van der Waals surface area contributed by atoms with Crippen molar-refractivity contribution in [3.05, 3.63) is 47.5 Å². The Morgan fingerprint density at radius 2 is 1.07 bits per heavy atom. The molecule has 2 aliphatic heterocycles. The van der Waals surface area contributed by atoms with E-state index < -0.39 is 10.4 Å². The third kappa shape index (κ3) is 8.13. The molecule has 0 bridgehead atoms. The first-order chi connectivity index (χ1) is 13.8. The lowest BCUT2D eigenvalue weighted by atomic mass is 10.1. The van der Waals surface area contributed by atoms with Gasteiger partial charge in [0.1, 0.15) is 0 Å². The van der Waals surface area contributed by atoms with Crippen LogP contribution in [-0.2, 0) is 23.2 Å². The van der Waals surface area contributed by atoms with Gasteiger partial charge in [0.25, 0.3) is 0 Å². The summed E-state index contributed by atoms with van der Waals surface area (Å²) >= 11 is 0. The Morgan fingerprint density at radius 3 is 1.41 bits per heavy atom. The maximum atomic E-state index is 8.74. The van der Waals surface area contributed by atoms with Crippen molar-refractivity contribution in [1.29, 1.82) is 0 Å². The summed E-state index contributed by atoms with van der Waals surface area (Å²) in [5, 5.41) is 0. The van der Waals surface area contributed by atoms with Gasteiger partial charge in [-0.2, -0.15) is 8.42 Å². The van der Waals surface area contributed by atoms with Crippen LogP contribution in [0.4, 0.5) is 0 Å². The maximum absolute atomic E-state index is 8.74. The zero-order chi connectivity index (χ0) is 21.3. The third-order valence-electron chi connectivity index (χ3n) is 3.74. The van der Waals surface area contributed by atoms with Crippen molar-refractivity contribution in [2.45, 2.75) is 12.8 Å². The number of hydrogen-bond acceptors (Lipinski definition) is 8. The topological polar surface area (TPSA) is 164 Å². The van der Waals surface area contributed by atoms with Crippen LogP contribution in [0.2, 0.25) is 0 Å². The summed E-state index contributed by atoms with van der Waals surface area (Å²) in [6, 6.07) is 11.8. The van der Waals surface area contributed by atoms with Crippen molar-refractivity contribution in [2.75, 3.05) is 26.7 Å². The molecule has 160 valence electrons. The molecule has 4 rings (SSSR count). The molecule has 0 atom stereocenters. The molecule has 11 heteroatoms. The van der Waals surface area contributed by atoms with Crippen LogP contribution in [0.3, 0.4) is 0 Å². The van der Waals surface area contributed by atoms with Crippen molar-refractivity contribution >= 4 is 10.4 Å². The molecule has 0 unspecified atom stereocenters. The van der Waals surface area contributed by atoms with E-state index in [9.17, 15) is 0 Å². The van der Waals surface area contributed by atoms with Crippen LogP contribution in [0.25, 0.3) is 0 Å². The van der Waals surface area contributed by atoms with Crippen molar-refractivity contribution in [3.63, 3.8) is 0 Å². The summed E-state index contributed by atoms with van der Waals surface area (Å²) in [7, 11) is -4.67. The molecule has 29 heavy (non-hydrogen) atoms. The van der Waals surface area contributed by atoms with Crippen molar-refractivity contribution < 1.29 is 36.5 Å². The molecule has 2 aliphatic rings. The molecule has 0 saturated heterocycles. The van der Waals surface area contributed by atoms with Gasteiger partial charge in [-0.25, -0.2) is 0 Å². The quantitative estimate of drug-likeness (QED) is 0.520. The van der Waals surface area contributed by atoms with Crippen molar-refractivity contribution in [2.24, 2.45) is 11.5 Å². The standard InChI is InChI=1S/2C9H11NO2.H2O4S/c2*10-4-3-7-1-2-8-9(5-7)12-6-11-8;1-5(2,3)4/h2*1-2,5H,3-4,6,10H2;(H2,1,2,3,4). The molecule has 0 radical (unpaired) electrons. The summed E-state index contributed by atoms with van der Waals surface area (Å²) in [5.41, 5.74) is 13.3. The monoisotopic (exact) mass is 428 g/mol. The Hall–Kier alpha value is -2.57. The normalized spacial score (nSPS) is 13.1. The molecule has 0 fully saturated rings. The number of fused-ring (bicyclic) bond motifs is 2. The zero-order valence-electron chi connectivity index (χ0n) is 15.6. The molecular formula is C18H24N2O8S. The lowest BCUT2D eigenvalue weighted by Crippen LogP contribution is -2.02. The highest BCUT2D eigenvalue weighted by atomic mass is 32.3. The highest BCUT2D eigenvalue weighted by Crippen LogP contribution is 2.33. The summed E-state index contributed by atoms with van der Waals surface area (Å²) in [5.74, 6) is 3.33. The van der Waals surface area contributed by atoms with Gasteiger partial charge in [-0.15, -0.1) is 0 Å². The van der Waals surface area contributed by atoms with E-state index in [1.54, 1.807) is 0 Å². The Morgan fingerprint density at radius 1 is 0.724 bits per heavy atom. The second kappa shape index (κ2) is 10.8. The average molecular weight is 428 g/mol. The minimum Gasteiger partial charge on any atom is -0.454 e. The van der Waals surface area contributed by atoms with Gasteiger partial charge >= 0.3 is 10.4 Å². The summed E-state index contributed by atoms with van der Waals surface area (Å²) < 4.78 is 52.4. The van der Waals surface area contributed by atoms with Gasteiger partial charge < -0.3 is 30.4 Å². The number of ether oxygens (including phenoxy) is 4. The van der Waals surface area contributed by atoms with Gasteiger partial charge in [0.05, 0.1) is 0 Å². The Balaban J connectivity index is 0.000000170. The Bertz CT molecular complexity index is 837. The van der Waals surface area contributed by atoms with Crippen LogP contribution >= 0.6 is 0 Å². The second-order valence-electron chi connectivity index (χ2n) is 5.90. The predicted molar refractivity (Wildman–Crippen MR) is 105 cm³/mol. The van der Waals surface area contributed by atoms with E-state index >= 15 is 0 Å². The van der Waals surface area contributed by atoms with Crippen LogP contribution in [-0.4, -0.2) is 44.2 Å². The van der Waals surface area contributed by atoms with Crippen LogP contribution in [0.15, 0.2) is 36.4 Å². The fourth-order valence-corrected chi connectivity index (χ4v) is 2.53. The van der Waals surface area contributed by atoms with Gasteiger partial charge in [0.15, 0.2) is 23.0 Å². The van der Waals surface area contributed by atoms with Crippen LogP contribution < -0.4 is 30.4 Å². The Labute approximate surface area is 168 Å². The molecule has 2 aromatic rings. The highest BCUT2D eigenvalue weighted by Gasteiger charge is 2.13. The minimum atomic E-state index is -4.67. The van der Waals surface area contributed by atoms with Gasteiger partial charge in [0.2, 0.25) is 13.6 Å². The van der Waals surface area contributed by atoms with E-state index in [4.69, 9.17) is 47.9 Å². The molecule has 0 aliphatic carbocycles. The van der Waals surface area contributed by atoms with E-state index in [0.717, 1.165) is 35.8 Å². The van der Waals surface area contributed by atoms with Crippen LogP contribution in [0.5, 0.6) is 23.0 Å². The second-order valence-corrected chi connectivity index (χ2v) is 6.80. The smallest absolute Gasteiger partial charge is 0.394 e. The van der Waals surface area contributed by atoms with Crippen molar-refractivity contribution in [1.82, 2.24) is 0 Å². The van der Waals surface area contributed by atoms with E-state index in [0.29, 0.717) is 26.7 Å². The minimum absolute atomic E-state index is 0.335.